The zero-order valence-corrected chi connectivity index (χ0v) is 14.8. The van der Waals surface area contributed by atoms with Crippen molar-refractivity contribution < 1.29 is 4.79 Å². The predicted octanol–water partition coefficient (Wildman–Crippen LogP) is 4.96. The Morgan fingerprint density at radius 1 is 1.13 bits per heavy atom. The summed E-state index contributed by atoms with van der Waals surface area (Å²) in [5, 5.41) is 6.00. The van der Waals surface area contributed by atoms with Crippen molar-refractivity contribution in [1.82, 2.24) is 5.32 Å². The number of rotatable bonds is 5. The van der Waals surface area contributed by atoms with E-state index in [1.807, 2.05) is 24.3 Å². The summed E-state index contributed by atoms with van der Waals surface area (Å²) in [5.74, 6) is 0.202. The first-order valence-corrected chi connectivity index (χ1v) is 9.53. The van der Waals surface area contributed by atoms with Crippen LogP contribution < -0.4 is 5.32 Å². The highest BCUT2D eigenvalue weighted by molar-refractivity contribution is 7.10. The van der Waals surface area contributed by atoms with Crippen molar-refractivity contribution in [3.63, 3.8) is 0 Å². The molecule has 1 aromatic heterocycles. The van der Waals surface area contributed by atoms with Gasteiger partial charge in [-0.2, -0.15) is 0 Å². The van der Waals surface area contributed by atoms with Crippen LogP contribution in [0.1, 0.15) is 42.5 Å². The first-order valence-electron chi connectivity index (χ1n) is 8.27. The minimum Gasteiger partial charge on any atom is -0.355 e. The molecule has 1 fully saturated rings. The lowest BCUT2D eigenvalue weighted by Crippen LogP contribution is -2.45. The number of hydrogen-bond acceptors (Lipinski definition) is 2. The van der Waals surface area contributed by atoms with Crippen LogP contribution in [0.15, 0.2) is 41.8 Å². The molecule has 1 aromatic carbocycles. The first-order chi connectivity index (χ1) is 11.2. The SMILES string of the molecule is O=C(NCCc1ccc(Cl)cc1)C1(c2cccs2)CCCCC1. The average molecular weight is 348 g/mol. The summed E-state index contributed by atoms with van der Waals surface area (Å²) in [7, 11) is 0. The number of carbonyl (C=O) groups is 1. The molecule has 1 N–H and O–H groups in total. The summed E-state index contributed by atoms with van der Waals surface area (Å²) >= 11 is 7.62. The van der Waals surface area contributed by atoms with Crippen molar-refractivity contribution in [2.45, 2.75) is 43.9 Å². The van der Waals surface area contributed by atoms with Gasteiger partial charge in [0.25, 0.3) is 0 Å². The fourth-order valence-electron chi connectivity index (χ4n) is 3.43. The van der Waals surface area contributed by atoms with E-state index in [-0.39, 0.29) is 11.3 Å². The van der Waals surface area contributed by atoms with Crippen molar-refractivity contribution in [3.05, 3.63) is 57.2 Å². The van der Waals surface area contributed by atoms with E-state index >= 15 is 0 Å². The van der Waals surface area contributed by atoms with Crippen molar-refractivity contribution in [3.8, 4) is 0 Å². The molecule has 0 bridgehead atoms. The smallest absolute Gasteiger partial charge is 0.231 e. The Morgan fingerprint density at radius 3 is 2.52 bits per heavy atom. The average Bonchev–Trinajstić information content (AvgIpc) is 3.12. The monoisotopic (exact) mass is 347 g/mol. The Labute approximate surface area is 146 Å². The second-order valence-corrected chi connectivity index (χ2v) is 7.64. The summed E-state index contributed by atoms with van der Waals surface area (Å²) < 4.78 is 0. The van der Waals surface area contributed by atoms with E-state index in [0.29, 0.717) is 6.54 Å². The Bertz CT molecular complexity index is 630. The minimum atomic E-state index is -0.299. The molecule has 0 radical (unpaired) electrons. The zero-order valence-electron chi connectivity index (χ0n) is 13.2. The Balaban J connectivity index is 1.64. The third-order valence-corrected chi connectivity index (χ3v) is 6.07. The number of benzene rings is 1. The van der Waals surface area contributed by atoms with E-state index in [2.05, 4.69) is 22.8 Å². The molecule has 122 valence electrons. The van der Waals surface area contributed by atoms with E-state index < -0.39 is 0 Å². The molecule has 1 saturated carbocycles. The molecule has 0 atom stereocenters. The molecule has 2 aromatic rings. The lowest BCUT2D eigenvalue weighted by atomic mass is 9.72. The maximum Gasteiger partial charge on any atom is 0.231 e. The lowest BCUT2D eigenvalue weighted by molar-refractivity contribution is -0.127. The number of hydrogen-bond donors (Lipinski definition) is 1. The van der Waals surface area contributed by atoms with Gasteiger partial charge >= 0.3 is 0 Å². The number of amides is 1. The molecule has 0 saturated heterocycles. The molecule has 0 aliphatic heterocycles. The normalized spacial score (nSPS) is 16.9. The second-order valence-electron chi connectivity index (χ2n) is 6.25. The van der Waals surface area contributed by atoms with Gasteiger partial charge in [-0.25, -0.2) is 0 Å². The fraction of sp³-hybridized carbons (Fsp3) is 0.421. The number of halogens is 1. The maximum atomic E-state index is 12.9. The van der Waals surface area contributed by atoms with Crippen LogP contribution in [0.2, 0.25) is 5.02 Å². The number of thiophene rings is 1. The molecule has 1 aliphatic carbocycles. The molecule has 3 rings (SSSR count). The predicted molar refractivity (Wildman–Crippen MR) is 97.2 cm³/mol. The Morgan fingerprint density at radius 2 is 1.87 bits per heavy atom. The van der Waals surface area contributed by atoms with Crippen LogP contribution in [0, 0.1) is 0 Å². The van der Waals surface area contributed by atoms with Crippen LogP contribution in [-0.4, -0.2) is 12.5 Å². The van der Waals surface area contributed by atoms with Crippen LogP contribution in [0.4, 0.5) is 0 Å². The molecule has 1 heterocycles. The molecule has 0 unspecified atom stereocenters. The highest BCUT2D eigenvalue weighted by Gasteiger charge is 2.41. The summed E-state index contributed by atoms with van der Waals surface area (Å²) in [4.78, 5) is 14.2. The highest BCUT2D eigenvalue weighted by atomic mass is 35.5. The molecular weight excluding hydrogens is 326 g/mol. The number of carbonyl (C=O) groups excluding carboxylic acids is 1. The zero-order chi connectivity index (χ0) is 16.1. The molecule has 1 amide bonds. The van der Waals surface area contributed by atoms with Crippen molar-refractivity contribution >= 4 is 28.8 Å². The van der Waals surface area contributed by atoms with E-state index in [1.54, 1.807) is 11.3 Å². The highest BCUT2D eigenvalue weighted by Crippen LogP contribution is 2.41. The third-order valence-electron chi connectivity index (χ3n) is 4.75. The van der Waals surface area contributed by atoms with Gasteiger partial charge in [-0.1, -0.05) is 49.1 Å². The van der Waals surface area contributed by atoms with Gasteiger partial charge < -0.3 is 5.32 Å². The van der Waals surface area contributed by atoms with Crippen LogP contribution >= 0.6 is 22.9 Å². The van der Waals surface area contributed by atoms with Crippen LogP contribution in [0.25, 0.3) is 0 Å². The minimum absolute atomic E-state index is 0.202. The lowest BCUT2D eigenvalue weighted by Gasteiger charge is -2.35. The van der Waals surface area contributed by atoms with Gasteiger partial charge in [0.2, 0.25) is 5.91 Å². The molecule has 4 heteroatoms. The van der Waals surface area contributed by atoms with Crippen LogP contribution in [0.5, 0.6) is 0 Å². The fourth-order valence-corrected chi connectivity index (χ4v) is 4.54. The summed E-state index contributed by atoms with van der Waals surface area (Å²) in [6.45, 7) is 0.674. The van der Waals surface area contributed by atoms with Crippen molar-refractivity contribution in [2.75, 3.05) is 6.54 Å². The van der Waals surface area contributed by atoms with Gasteiger partial charge in [-0.15, -0.1) is 11.3 Å². The van der Waals surface area contributed by atoms with Gasteiger partial charge in [0.1, 0.15) is 0 Å². The summed E-state index contributed by atoms with van der Waals surface area (Å²) in [6, 6.07) is 12.0. The van der Waals surface area contributed by atoms with Crippen LogP contribution in [0.3, 0.4) is 0 Å². The van der Waals surface area contributed by atoms with Gasteiger partial charge in [0.05, 0.1) is 5.41 Å². The summed E-state index contributed by atoms with van der Waals surface area (Å²) in [6.07, 6.45) is 6.31. The van der Waals surface area contributed by atoms with Crippen molar-refractivity contribution in [2.24, 2.45) is 0 Å². The van der Waals surface area contributed by atoms with Gasteiger partial charge in [-0.05, 0) is 48.4 Å². The largest absolute Gasteiger partial charge is 0.355 e. The molecular formula is C19H22ClNOS. The quantitative estimate of drug-likeness (QED) is 0.813. The first kappa shape index (κ1) is 16.5. The van der Waals surface area contributed by atoms with E-state index in [0.717, 1.165) is 37.1 Å². The molecule has 23 heavy (non-hydrogen) atoms. The van der Waals surface area contributed by atoms with Crippen LogP contribution in [-0.2, 0) is 16.6 Å². The van der Waals surface area contributed by atoms with Crippen molar-refractivity contribution in [1.29, 1.82) is 0 Å². The van der Waals surface area contributed by atoms with Gasteiger partial charge in [-0.3, -0.25) is 4.79 Å². The standard InChI is InChI=1S/C19H22ClNOS/c20-16-8-6-15(7-9-16)10-13-21-18(22)19(11-2-1-3-12-19)17-5-4-14-23-17/h4-9,14H,1-3,10-13H2,(H,21,22). The summed E-state index contributed by atoms with van der Waals surface area (Å²) in [5.41, 5.74) is 0.899. The molecule has 0 spiro atoms. The Kier molecular flexibility index (Phi) is 5.39. The maximum absolute atomic E-state index is 12.9. The van der Waals surface area contributed by atoms with E-state index in [1.165, 1.54) is 16.9 Å². The van der Waals surface area contributed by atoms with E-state index in [9.17, 15) is 4.79 Å². The molecule has 1 aliphatic rings. The second kappa shape index (κ2) is 7.50. The third kappa shape index (κ3) is 3.78. The number of nitrogens with one attached hydrogen (secondary N) is 1. The van der Waals surface area contributed by atoms with Gasteiger partial charge in [0.15, 0.2) is 0 Å². The molecule has 2 nitrogen and oxygen atoms in total. The Hall–Kier alpha value is -1.32. The topological polar surface area (TPSA) is 29.1 Å². The van der Waals surface area contributed by atoms with E-state index in [4.69, 9.17) is 11.6 Å². The van der Waals surface area contributed by atoms with Gasteiger partial charge in [0, 0.05) is 16.4 Å².